The van der Waals surface area contributed by atoms with E-state index in [-0.39, 0.29) is 0 Å². The first kappa shape index (κ1) is 29.5. The third-order valence-electron chi connectivity index (χ3n) is 9.60. The van der Waals surface area contributed by atoms with Gasteiger partial charge in [0, 0.05) is 54.1 Å². The van der Waals surface area contributed by atoms with Gasteiger partial charge in [-0.05, 0) is 60.7 Å². The van der Waals surface area contributed by atoms with E-state index in [1.165, 1.54) is 21.5 Å². The Morgan fingerprint density at radius 3 is 1.04 bits per heavy atom. The maximum atomic E-state index is 5.16. The third-order valence-corrected chi connectivity index (χ3v) is 10.1. The lowest BCUT2D eigenvalue weighted by atomic mass is 10.1. The number of halogens is 1. The van der Waals surface area contributed by atoms with Crippen LogP contribution in [-0.4, -0.2) is 24.1 Å². The topological polar surface area (TPSA) is 48.5 Å². The van der Waals surface area contributed by atoms with Gasteiger partial charge in [-0.25, -0.2) is 15.0 Å². The highest BCUT2D eigenvalue weighted by Gasteiger charge is 2.17. The molecule has 0 amide bonds. The smallest absolute Gasteiger partial charge is 0.164 e. The molecule has 10 rings (SSSR count). The lowest BCUT2D eigenvalue weighted by Gasteiger charge is -2.13. The van der Waals surface area contributed by atoms with Gasteiger partial charge < -0.3 is 9.13 Å². The molecule has 0 aliphatic heterocycles. The first-order chi connectivity index (χ1) is 25.2. The molecule has 0 radical (unpaired) electrons. The second-order valence-electron chi connectivity index (χ2n) is 12.7. The van der Waals surface area contributed by atoms with E-state index in [0.29, 0.717) is 17.5 Å². The number of hydrogen-bond donors (Lipinski definition) is 0. The molecule has 0 aliphatic carbocycles. The third kappa shape index (κ3) is 4.95. The van der Waals surface area contributed by atoms with Crippen molar-refractivity contribution in [2.45, 2.75) is 0 Å². The number of fused-ring (bicyclic) bond motifs is 6. The summed E-state index contributed by atoms with van der Waals surface area (Å²) in [6.07, 6.45) is 0. The fraction of sp³-hybridized carbons (Fsp3) is 0. The maximum absolute atomic E-state index is 5.16. The van der Waals surface area contributed by atoms with Gasteiger partial charge in [0.05, 0.1) is 22.1 Å². The molecule has 0 saturated carbocycles. The van der Waals surface area contributed by atoms with E-state index in [1.807, 2.05) is 24.3 Å². The number of aromatic nitrogens is 5. The van der Waals surface area contributed by atoms with Crippen molar-refractivity contribution < 1.29 is 0 Å². The lowest BCUT2D eigenvalue weighted by molar-refractivity contribution is 1.07. The van der Waals surface area contributed by atoms with Crippen LogP contribution in [0.25, 0.3) is 89.2 Å². The maximum Gasteiger partial charge on any atom is 0.164 e. The molecule has 3 aromatic heterocycles. The zero-order valence-electron chi connectivity index (χ0n) is 27.3. The predicted molar refractivity (Wildman–Crippen MR) is 213 cm³/mol. The van der Waals surface area contributed by atoms with Gasteiger partial charge in [-0.15, -0.1) is 0 Å². The van der Waals surface area contributed by atoms with Crippen LogP contribution in [0, 0.1) is 0 Å². The van der Waals surface area contributed by atoms with E-state index in [9.17, 15) is 0 Å². The van der Waals surface area contributed by atoms with Crippen LogP contribution in [0.3, 0.4) is 0 Å². The highest BCUT2D eigenvalue weighted by atomic mass is 79.9. The quantitative estimate of drug-likeness (QED) is 0.178. The predicted octanol–water partition coefficient (Wildman–Crippen LogP) is 11.8. The summed E-state index contributed by atoms with van der Waals surface area (Å²) in [6, 6.07) is 59.3. The molecule has 0 fully saturated rings. The Bertz CT molecular complexity index is 2670. The van der Waals surface area contributed by atoms with Gasteiger partial charge in [-0.2, -0.15) is 0 Å². The van der Waals surface area contributed by atoms with E-state index in [0.717, 1.165) is 54.6 Å². The van der Waals surface area contributed by atoms with E-state index >= 15 is 0 Å². The first-order valence-electron chi connectivity index (χ1n) is 16.9. The molecule has 0 atom stereocenters. The molecule has 0 N–H and O–H groups in total. The molecule has 6 heteroatoms. The van der Waals surface area contributed by atoms with Crippen LogP contribution in [-0.2, 0) is 0 Å². The summed E-state index contributed by atoms with van der Waals surface area (Å²) in [4.78, 5) is 15.3. The molecular weight excluding hydrogens is 690 g/mol. The monoisotopic (exact) mass is 717 g/mol. The van der Waals surface area contributed by atoms with Crippen molar-refractivity contribution in [1.82, 2.24) is 24.1 Å². The summed E-state index contributed by atoms with van der Waals surface area (Å²) in [6.45, 7) is 0. The highest BCUT2D eigenvalue weighted by Crippen LogP contribution is 2.35. The fourth-order valence-corrected chi connectivity index (χ4v) is 7.76. The Labute approximate surface area is 302 Å². The molecule has 0 unspecified atom stereocenters. The van der Waals surface area contributed by atoms with Gasteiger partial charge in [0.2, 0.25) is 0 Å². The molecule has 5 nitrogen and oxygen atoms in total. The number of rotatable bonds is 5. The minimum absolute atomic E-state index is 0.611. The molecule has 240 valence electrons. The van der Waals surface area contributed by atoms with Crippen molar-refractivity contribution >= 4 is 59.5 Å². The zero-order valence-corrected chi connectivity index (χ0v) is 28.9. The number of nitrogens with zero attached hydrogens (tertiary/aromatic N) is 5. The van der Waals surface area contributed by atoms with Crippen LogP contribution in [0.2, 0.25) is 0 Å². The number of hydrogen-bond acceptors (Lipinski definition) is 3. The van der Waals surface area contributed by atoms with Crippen molar-refractivity contribution in [1.29, 1.82) is 0 Å². The Kier molecular flexibility index (Phi) is 6.89. The van der Waals surface area contributed by atoms with E-state index in [1.54, 1.807) is 0 Å². The summed E-state index contributed by atoms with van der Waals surface area (Å²) >= 11 is 3.65. The second-order valence-corrected chi connectivity index (χ2v) is 13.6. The van der Waals surface area contributed by atoms with Crippen LogP contribution < -0.4 is 0 Å². The minimum atomic E-state index is 0.611. The Balaban J connectivity index is 1.16. The van der Waals surface area contributed by atoms with Gasteiger partial charge >= 0.3 is 0 Å². The molecule has 0 saturated heterocycles. The van der Waals surface area contributed by atoms with Gasteiger partial charge in [0.25, 0.3) is 0 Å². The summed E-state index contributed by atoms with van der Waals surface area (Å²) in [5, 5.41) is 4.89. The number of benzene rings is 7. The average molecular weight is 719 g/mol. The van der Waals surface area contributed by atoms with Crippen LogP contribution in [0.5, 0.6) is 0 Å². The Morgan fingerprint density at radius 2 is 0.667 bits per heavy atom. The molecular formula is C45H28BrN5. The second kappa shape index (κ2) is 11.9. The van der Waals surface area contributed by atoms with Gasteiger partial charge in [-0.3, -0.25) is 0 Å². The highest BCUT2D eigenvalue weighted by molar-refractivity contribution is 9.10. The van der Waals surface area contributed by atoms with Crippen LogP contribution in [0.4, 0.5) is 0 Å². The van der Waals surface area contributed by atoms with Crippen LogP contribution in [0.15, 0.2) is 174 Å². The number of para-hydroxylation sites is 4. The van der Waals surface area contributed by atoms with Crippen molar-refractivity contribution in [3.63, 3.8) is 0 Å². The van der Waals surface area contributed by atoms with Gasteiger partial charge in [-0.1, -0.05) is 125 Å². The van der Waals surface area contributed by atoms with Crippen molar-refractivity contribution in [2.75, 3.05) is 0 Å². The van der Waals surface area contributed by atoms with E-state index in [2.05, 4.69) is 171 Å². The summed E-state index contributed by atoms with van der Waals surface area (Å²) < 4.78 is 5.60. The summed E-state index contributed by atoms with van der Waals surface area (Å²) in [7, 11) is 0. The van der Waals surface area contributed by atoms with Crippen molar-refractivity contribution in [3.8, 4) is 45.5 Å². The van der Waals surface area contributed by atoms with Crippen molar-refractivity contribution in [2.24, 2.45) is 0 Å². The minimum Gasteiger partial charge on any atom is -0.309 e. The van der Waals surface area contributed by atoms with Gasteiger partial charge in [0.1, 0.15) is 0 Å². The Hall–Kier alpha value is -6.37. The molecule has 3 heterocycles. The lowest BCUT2D eigenvalue weighted by Crippen LogP contribution is -2.02. The average Bonchev–Trinajstić information content (AvgIpc) is 3.71. The molecule has 0 spiro atoms. The van der Waals surface area contributed by atoms with E-state index in [4.69, 9.17) is 15.0 Å². The molecule has 0 aliphatic rings. The van der Waals surface area contributed by atoms with Crippen LogP contribution >= 0.6 is 15.9 Å². The molecule has 51 heavy (non-hydrogen) atoms. The molecule has 7 aromatic carbocycles. The summed E-state index contributed by atoms with van der Waals surface area (Å²) in [5.74, 6) is 1.83. The SMILES string of the molecule is Brc1cccc(-c2nc(-c3cccc(-n4c5ccccc5c5ccccc54)c3)nc(-c3cccc(-n4c5ccccc5c5ccccc54)c3)n2)c1. The molecule has 0 bridgehead atoms. The molecule has 10 aromatic rings. The standard InChI is InChI=1S/C45H28BrN5/c46-32-15-9-12-29(26-32)43-47-44(30-13-10-16-33(27-30)50-39-22-5-1-18-35(39)36-19-2-6-23-40(36)50)49-45(48-43)31-14-11-17-34(28-31)51-41-24-7-3-20-37(41)38-21-4-8-25-42(38)51/h1-28H. The summed E-state index contributed by atoms with van der Waals surface area (Å²) in [5.41, 5.74) is 9.45. The van der Waals surface area contributed by atoms with Crippen molar-refractivity contribution in [3.05, 3.63) is 174 Å². The first-order valence-corrected chi connectivity index (χ1v) is 17.7. The van der Waals surface area contributed by atoms with Crippen LogP contribution in [0.1, 0.15) is 0 Å². The normalized spacial score (nSPS) is 11.6. The zero-order chi connectivity index (χ0) is 33.9. The van der Waals surface area contributed by atoms with E-state index < -0.39 is 0 Å². The van der Waals surface area contributed by atoms with Gasteiger partial charge in [0.15, 0.2) is 17.5 Å². The Morgan fingerprint density at radius 1 is 0.333 bits per heavy atom. The fourth-order valence-electron chi connectivity index (χ4n) is 7.36. The largest absolute Gasteiger partial charge is 0.309 e.